The maximum absolute atomic E-state index is 14.1. The number of rotatable bonds is 5. The second-order valence-electron chi connectivity index (χ2n) is 6.52. The van der Waals surface area contributed by atoms with Crippen molar-refractivity contribution < 1.29 is 9.13 Å². The lowest BCUT2D eigenvalue weighted by Gasteiger charge is -2.24. The second kappa shape index (κ2) is 5.24. The number of halogens is 1. The fourth-order valence-corrected chi connectivity index (χ4v) is 2.43. The van der Waals surface area contributed by atoms with E-state index in [9.17, 15) is 4.39 Å². The van der Waals surface area contributed by atoms with Gasteiger partial charge in [0.25, 0.3) is 0 Å². The van der Waals surface area contributed by atoms with Gasteiger partial charge in [0.15, 0.2) is 11.6 Å². The summed E-state index contributed by atoms with van der Waals surface area (Å²) in [6.45, 7) is 7.04. The average Bonchev–Trinajstić information content (AvgIpc) is 3.29. The first-order chi connectivity index (χ1) is 10.0. The van der Waals surface area contributed by atoms with Crippen LogP contribution in [0.15, 0.2) is 18.3 Å². The van der Waals surface area contributed by atoms with Gasteiger partial charge in [0.1, 0.15) is 5.52 Å². The van der Waals surface area contributed by atoms with Crippen LogP contribution in [0.5, 0.6) is 5.75 Å². The largest absolute Gasteiger partial charge is 0.488 e. The van der Waals surface area contributed by atoms with Crippen molar-refractivity contribution in [2.75, 3.05) is 6.61 Å². The lowest BCUT2D eigenvalue weighted by Crippen LogP contribution is -2.17. The fraction of sp³-hybridized carbons (Fsp3) is 0.529. The van der Waals surface area contributed by atoms with E-state index in [2.05, 4.69) is 31.0 Å². The number of ether oxygens (including phenoxy) is 1. The van der Waals surface area contributed by atoms with Gasteiger partial charge in [0, 0.05) is 5.39 Å². The topological polar surface area (TPSA) is 35.0 Å². The zero-order valence-electron chi connectivity index (χ0n) is 12.8. The van der Waals surface area contributed by atoms with Crippen molar-refractivity contribution in [3.8, 4) is 5.75 Å². The molecule has 2 aromatic rings. The van der Waals surface area contributed by atoms with Crippen molar-refractivity contribution in [1.29, 1.82) is 0 Å². The van der Waals surface area contributed by atoms with E-state index >= 15 is 0 Å². The molecule has 4 heteroatoms. The molecule has 0 bridgehead atoms. The molecule has 112 valence electrons. The molecular formula is C17H21FN2O. The third-order valence-electron chi connectivity index (χ3n) is 4.49. The fourth-order valence-electron chi connectivity index (χ4n) is 2.43. The minimum atomic E-state index is -0.357. The number of fused-ring (bicyclic) bond motifs is 1. The van der Waals surface area contributed by atoms with Crippen LogP contribution in [0, 0.1) is 11.7 Å². The Kier molecular flexibility index (Phi) is 3.56. The summed E-state index contributed by atoms with van der Waals surface area (Å²) in [6.07, 6.45) is 5.11. The normalized spacial score (nSPS) is 15.4. The van der Waals surface area contributed by atoms with Crippen LogP contribution < -0.4 is 4.74 Å². The third-order valence-corrected chi connectivity index (χ3v) is 4.49. The summed E-state index contributed by atoms with van der Waals surface area (Å²) in [6, 6.07) is 3.26. The highest BCUT2D eigenvalue weighted by molar-refractivity contribution is 5.87. The molecule has 3 nitrogen and oxygen atoms in total. The van der Waals surface area contributed by atoms with Gasteiger partial charge in [-0.3, -0.25) is 0 Å². The van der Waals surface area contributed by atoms with Gasteiger partial charge in [-0.25, -0.2) is 4.39 Å². The predicted octanol–water partition coefficient (Wildman–Crippen LogP) is 4.25. The number of hydrogen-bond acceptors (Lipinski definition) is 3. The molecule has 1 aliphatic rings. The van der Waals surface area contributed by atoms with Crippen molar-refractivity contribution in [2.24, 2.45) is 5.92 Å². The van der Waals surface area contributed by atoms with Crippen molar-refractivity contribution in [3.63, 3.8) is 0 Å². The molecule has 1 saturated carbocycles. The van der Waals surface area contributed by atoms with E-state index in [1.807, 2.05) is 0 Å². The molecule has 3 rings (SSSR count). The molecule has 0 atom stereocenters. The van der Waals surface area contributed by atoms with Crippen LogP contribution in [0.3, 0.4) is 0 Å². The summed E-state index contributed by atoms with van der Waals surface area (Å²) in [7, 11) is 0. The van der Waals surface area contributed by atoms with Gasteiger partial charge in [-0.1, -0.05) is 20.8 Å². The van der Waals surface area contributed by atoms with Crippen LogP contribution in [0.25, 0.3) is 10.9 Å². The van der Waals surface area contributed by atoms with E-state index < -0.39 is 0 Å². The zero-order chi connectivity index (χ0) is 15.0. The highest BCUT2D eigenvalue weighted by Gasteiger charge is 2.26. The lowest BCUT2D eigenvalue weighted by molar-refractivity contribution is 0.288. The summed E-state index contributed by atoms with van der Waals surface area (Å²) < 4.78 is 19.8. The first-order valence-corrected chi connectivity index (χ1v) is 7.60. The first kappa shape index (κ1) is 14.2. The summed E-state index contributed by atoms with van der Waals surface area (Å²) in [5, 5.41) is 9.14. The molecule has 0 amide bonds. The quantitative estimate of drug-likeness (QED) is 0.825. The Morgan fingerprint density at radius 1 is 1.33 bits per heavy atom. The molecule has 1 aromatic carbocycles. The van der Waals surface area contributed by atoms with Crippen molar-refractivity contribution >= 4 is 10.9 Å². The Labute approximate surface area is 124 Å². The van der Waals surface area contributed by atoms with Crippen LogP contribution in [0.2, 0.25) is 0 Å². The van der Waals surface area contributed by atoms with Crippen LogP contribution in [0.1, 0.15) is 45.6 Å². The number of benzene rings is 1. The molecule has 0 N–H and O–H groups in total. The second-order valence-corrected chi connectivity index (χ2v) is 6.52. The summed E-state index contributed by atoms with van der Waals surface area (Å²) in [5.74, 6) is 0.465. The minimum Gasteiger partial charge on any atom is -0.488 e. The highest BCUT2D eigenvalue weighted by atomic mass is 19.1. The molecule has 0 radical (unpaired) electrons. The van der Waals surface area contributed by atoms with Crippen molar-refractivity contribution in [1.82, 2.24) is 10.2 Å². The van der Waals surface area contributed by atoms with Gasteiger partial charge < -0.3 is 4.74 Å². The molecule has 1 aliphatic carbocycles. The minimum absolute atomic E-state index is 0.0280. The molecule has 1 heterocycles. The van der Waals surface area contributed by atoms with Gasteiger partial charge in [-0.15, -0.1) is 5.10 Å². The Morgan fingerprint density at radius 3 is 2.76 bits per heavy atom. The van der Waals surface area contributed by atoms with Gasteiger partial charge in [-0.05, 0) is 48.3 Å². The van der Waals surface area contributed by atoms with E-state index in [-0.39, 0.29) is 17.0 Å². The maximum atomic E-state index is 14.1. The Morgan fingerprint density at radius 2 is 2.10 bits per heavy atom. The Hall–Kier alpha value is -1.71. The van der Waals surface area contributed by atoms with Crippen molar-refractivity contribution in [2.45, 2.75) is 45.4 Å². The SMILES string of the molecule is CCC(C)(C)c1cnnc2c(OCC3CC3)c(F)ccc12. The monoisotopic (exact) mass is 288 g/mol. The standard InChI is InChI=1S/C17H21FN2O/c1-4-17(2,3)13-9-19-20-15-12(13)7-8-14(18)16(15)21-10-11-5-6-11/h7-9,11H,4-6,10H2,1-3H3. The molecule has 21 heavy (non-hydrogen) atoms. The molecule has 0 saturated heterocycles. The smallest absolute Gasteiger partial charge is 0.183 e. The van der Waals surface area contributed by atoms with Crippen LogP contribution in [-0.4, -0.2) is 16.8 Å². The van der Waals surface area contributed by atoms with Gasteiger partial charge in [0.05, 0.1) is 12.8 Å². The number of aromatic nitrogens is 2. The van der Waals surface area contributed by atoms with E-state index in [1.165, 1.54) is 18.9 Å². The van der Waals surface area contributed by atoms with Crippen LogP contribution in [0.4, 0.5) is 4.39 Å². The summed E-state index contributed by atoms with van der Waals surface area (Å²) in [5.41, 5.74) is 1.60. The highest BCUT2D eigenvalue weighted by Crippen LogP contribution is 2.37. The summed E-state index contributed by atoms with van der Waals surface area (Å²) in [4.78, 5) is 0. The number of nitrogens with zero attached hydrogens (tertiary/aromatic N) is 2. The third kappa shape index (κ3) is 2.71. The van der Waals surface area contributed by atoms with E-state index in [1.54, 1.807) is 12.3 Å². The van der Waals surface area contributed by atoms with Crippen LogP contribution in [-0.2, 0) is 5.41 Å². The molecule has 0 aliphatic heterocycles. The Balaban J connectivity index is 2.10. The van der Waals surface area contributed by atoms with Gasteiger partial charge >= 0.3 is 0 Å². The molecule has 0 unspecified atom stereocenters. The maximum Gasteiger partial charge on any atom is 0.183 e. The molecule has 1 aromatic heterocycles. The zero-order valence-corrected chi connectivity index (χ0v) is 12.8. The first-order valence-electron chi connectivity index (χ1n) is 7.60. The van der Waals surface area contributed by atoms with E-state index in [4.69, 9.17) is 4.74 Å². The average molecular weight is 288 g/mol. The van der Waals surface area contributed by atoms with Crippen molar-refractivity contribution in [3.05, 3.63) is 29.7 Å². The van der Waals surface area contributed by atoms with Gasteiger partial charge in [-0.2, -0.15) is 5.10 Å². The van der Waals surface area contributed by atoms with E-state index in [0.717, 1.165) is 17.4 Å². The Bertz CT molecular complexity index is 665. The number of hydrogen-bond donors (Lipinski definition) is 0. The molecular weight excluding hydrogens is 267 g/mol. The van der Waals surface area contributed by atoms with E-state index in [0.29, 0.717) is 18.0 Å². The summed E-state index contributed by atoms with van der Waals surface area (Å²) >= 11 is 0. The molecule has 0 spiro atoms. The predicted molar refractivity (Wildman–Crippen MR) is 81.0 cm³/mol. The molecule has 1 fully saturated rings. The lowest BCUT2D eigenvalue weighted by atomic mass is 9.81. The van der Waals surface area contributed by atoms with Gasteiger partial charge in [0.2, 0.25) is 0 Å². The van der Waals surface area contributed by atoms with Crippen LogP contribution >= 0.6 is 0 Å².